The van der Waals surface area contributed by atoms with Gasteiger partial charge in [0.2, 0.25) is 0 Å². The molecule has 0 unspecified atom stereocenters. The second kappa shape index (κ2) is 5.54. The number of nitrogens with zero attached hydrogens (tertiary/aromatic N) is 4. The zero-order valence-electron chi connectivity index (χ0n) is 11.7. The average Bonchev–Trinajstić information content (AvgIpc) is 3.03. The van der Waals surface area contributed by atoms with Crippen molar-refractivity contribution in [1.29, 1.82) is 0 Å². The Bertz CT molecular complexity index is 822. The fourth-order valence-electron chi connectivity index (χ4n) is 2.07. The summed E-state index contributed by atoms with van der Waals surface area (Å²) in [6, 6.07) is 0.970. The van der Waals surface area contributed by atoms with E-state index in [1.54, 1.807) is 28.9 Å². The summed E-state index contributed by atoms with van der Waals surface area (Å²) < 4.78 is 41.0. The first-order valence-corrected chi connectivity index (χ1v) is 8.24. The monoisotopic (exact) mass is 344 g/mol. The normalized spacial score (nSPS) is 12.2. The van der Waals surface area contributed by atoms with Crippen LogP contribution in [-0.2, 0) is 13.2 Å². The van der Waals surface area contributed by atoms with Crippen LogP contribution in [0, 0.1) is 0 Å². The Hall–Kier alpha value is -1.61. The van der Waals surface area contributed by atoms with Gasteiger partial charge in [0.05, 0.1) is 26.9 Å². The fraction of sp³-hybridized carbons (Fsp3) is 0.308. The van der Waals surface area contributed by atoms with E-state index in [4.69, 9.17) is 0 Å². The largest absolute Gasteiger partial charge is 0.433 e. The Balaban J connectivity index is 2.15. The Labute approximate surface area is 132 Å². The van der Waals surface area contributed by atoms with Gasteiger partial charge < -0.3 is 4.57 Å². The molecule has 4 nitrogen and oxygen atoms in total. The zero-order chi connectivity index (χ0) is 15.9. The highest BCUT2D eigenvalue weighted by atomic mass is 32.2. The van der Waals surface area contributed by atoms with Crippen LogP contribution in [-0.4, -0.2) is 25.3 Å². The van der Waals surface area contributed by atoms with Crippen molar-refractivity contribution in [3.05, 3.63) is 23.5 Å². The standard InChI is InChI=1S/C13H11F3N4S2/c1-3-21-12-10(18-6-22-12)11-19-7-4-9(13(14,15)16)17-5-8(7)20(11)2/h4-6H,3H2,1-2H3. The lowest BCUT2D eigenvalue weighted by Gasteiger charge is -2.04. The smallest absolute Gasteiger partial charge is 0.324 e. The third-order valence-corrected chi connectivity index (χ3v) is 5.08. The number of hydrogen-bond acceptors (Lipinski definition) is 5. The summed E-state index contributed by atoms with van der Waals surface area (Å²) >= 11 is 3.13. The molecule has 3 aromatic rings. The van der Waals surface area contributed by atoms with Crippen LogP contribution in [0.3, 0.4) is 0 Å². The number of pyridine rings is 1. The van der Waals surface area contributed by atoms with Gasteiger partial charge >= 0.3 is 6.18 Å². The molecule has 0 aromatic carbocycles. The molecule has 22 heavy (non-hydrogen) atoms. The molecule has 3 heterocycles. The van der Waals surface area contributed by atoms with Gasteiger partial charge in [-0.1, -0.05) is 6.92 Å². The van der Waals surface area contributed by atoms with Crippen LogP contribution < -0.4 is 0 Å². The second-order valence-electron chi connectivity index (χ2n) is 4.47. The molecule has 0 radical (unpaired) electrons. The van der Waals surface area contributed by atoms with E-state index in [-0.39, 0.29) is 5.52 Å². The van der Waals surface area contributed by atoms with Crippen molar-refractivity contribution >= 4 is 34.1 Å². The van der Waals surface area contributed by atoms with Crippen molar-refractivity contribution in [2.45, 2.75) is 17.3 Å². The summed E-state index contributed by atoms with van der Waals surface area (Å²) in [4.78, 5) is 12.1. The predicted molar refractivity (Wildman–Crippen MR) is 81.0 cm³/mol. The summed E-state index contributed by atoms with van der Waals surface area (Å²) in [5.41, 5.74) is 2.28. The van der Waals surface area contributed by atoms with Crippen molar-refractivity contribution in [2.75, 3.05) is 5.75 Å². The SMILES string of the molecule is CCSc1scnc1-c1nc2cc(C(F)(F)F)ncc2n1C. The number of imidazole rings is 1. The van der Waals surface area contributed by atoms with E-state index >= 15 is 0 Å². The first kappa shape index (κ1) is 15.3. The van der Waals surface area contributed by atoms with Gasteiger partial charge in [-0.3, -0.25) is 0 Å². The molecule has 9 heteroatoms. The molecule has 0 atom stereocenters. The Morgan fingerprint density at radius 2 is 2.09 bits per heavy atom. The van der Waals surface area contributed by atoms with Crippen molar-refractivity contribution in [1.82, 2.24) is 19.5 Å². The van der Waals surface area contributed by atoms with Crippen molar-refractivity contribution in [3.8, 4) is 11.5 Å². The molecule has 0 bridgehead atoms. The molecular formula is C13H11F3N4S2. The molecule has 0 saturated heterocycles. The number of aryl methyl sites for hydroxylation is 1. The van der Waals surface area contributed by atoms with Crippen molar-refractivity contribution in [3.63, 3.8) is 0 Å². The number of halogens is 3. The average molecular weight is 344 g/mol. The van der Waals surface area contributed by atoms with Gasteiger partial charge in [-0.2, -0.15) is 13.2 Å². The summed E-state index contributed by atoms with van der Waals surface area (Å²) in [7, 11) is 1.75. The number of fused-ring (bicyclic) bond motifs is 1. The maximum absolute atomic E-state index is 12.7. The Kier molecular flexibility index (Phi) is 3.85. The number of rotatable bonds is 3. The molecule has 0 aliphatic heterocycles. The van der Waals surface area contributed by atoms with Gasteiger partial charge in [0.25, 0.3) is 0 Å². The van der Waals surface area contributed by atoms with Crippen LogP contribution in [0.15, 0.2) is 22.0 Å². The van der Waals surface area contributed by atoms with E-state index in [1.807, 2.05) is 6.92 Å². The maximum Gasteiger partial charge on any atom is 0.433 e. The molecule has 116 valence electrons. The van der Waals surface area contributed by atoms with Crippen LogP contribution >= 0.6 is 23.1 Å². The number of alkyl halides is 3. The zero-order valence-corrected chi connectivity index (χ0v) is 13.3. The minimum Gasteiger partial charge on any atom is -0.324 e. The van der Waals surface area contributed by atoms with Gasteiger partial charge in [-0.15, -0.1) is 23.1 Å². The van der Waals surface area contributed by atoms with Gasteiger partial charge in [0.1, 0.15) is 11.4 Å². The molecule has 0 amide bonds. The quantitative estimate of drug-likeness (QED) is 0.667. The summed E-state index contributed by atoms with van der Waals surface area (Å²) in [5, 5.41) is 0. The van der Waals surface area contributed by atoms with Crippen LogP contribution in [0.25, 0.3) is 22.6 Å². The highest BCUT2D eigenvalue weighted by Gasteiger charge is 2.33. The highest BCUT2D eigenvalue weighted by Crippen LogP contribution is 2.35. The lowest BCUT2D eigenvalue weighted by molar-refractivity contribution is -0.141. The predicted octanol–water partition coefficient (Wildman–Crippen LogP) is 4.22. The maximum atomic E-state index is 12.7. The fourth-order valence-corrected chi connectivity index (χ4v) is 3.88. The molecule has 0 fully saturated rings. The van der Waals surface area contributed by atoms with Crippen molar-refractivity contribution < 1.29 is 13.2 Å². The summed E-state index contributed by atoms with van der Waals surface area (Å²) in [5.74, 6) is 1.44. The van der Waals surface area contributed by atoms with Crippen molar-refractivity contribution in [2.24, 2.45) is 7.05 Å². The van der Waals surface area contributed by atoms with Gasteiger partial charge in [-0.05, 0) is 11.8 Å². The van der Waals surface area contributed by atoms with Crippen LogP contribution in [0.2, 0.25) is 0 Å². The van der Waals surface area contributed by atoms with Gasteiger partial charge in [0, 0.05) is 7.05 Å². The molecule has 0 aliphatic rings. The highest BCUT2D eigenvalue weighted by molar-refractivity contribution is 8.01. The van der Waals surface area contributed by atoms with E-state index in [0.29, 0.717) is 17.0 Å². The first-order chi connectivity index (χ1) is 10.4. The second-order valence-corrected chi connectivity index (χ2v) is 6.86. The molecule has 0 N–H and O–H groups in total. The Morgan fingerprint density at radius 1 is 1.32 bits per heavy atom. The minimum absolute atomic E-state index is 0.264. The number of thioether (sulfide) groups is 1. The van der Waals surface area contributed by atoms with E-state index in [0.717, 1.165) is 16.0 Å². The van der Waals surface area contributed by atoms with Crippen LogP contribution in [0.5, 0.6) is 0 Å². The molecular weight excluding hydrogens is 333 g/mol. The van der Waals surface area contributed by atoms with E-state index < -0.39 is 11.9 Å². The lowest BCUT2D eigenvalue weighted by Crippen LogP contribution is -2.07. The van der Waals surface area contributed by atoms with Gasteiger partial charge in [0.15, 0.2) is 5.82 Å². The topological polar surface area (TPSA) is 43.6 Å². The van der Waals surface area contributed by atoms with Crippen LogP contribution in [0.4, 0.5) is 13.2 Å². The molecule has 0 spiro atoms. The van der Waals surface area contributed by atoms with E-state index in [2.05, 4.69) is 15.0 Å². The summed E-state index contributed by atoms with van der Waals surface area (Å²) in [6.45, 7) is 2.03. The molecule has 3 rings (SSSR count). The van der Waals surface area contributed by atoms with Gasteiger partial charge in [-0.25, -0.2) is 15.0 Å². The lowest BCUT2D eigenvalue weighted by atomic mass is 10.3. The number of thiazole rings is 1. The number of hydrogen-bond donors (Lipinski definition) is 0. The van der Waals surface area contributed by atoms with E-state index in [1.165, 1.54) is 17.5 Å². The third-order valence-electron chi connectivity index (χ3n) is 3.08. The molecule has 0 saturated carbocycles. The molecule has 0 aliphatic carbocycles. The number of aromatic nitrogens is 4. The Morgan fingerprint density at radius 3 is 2.77 bits per heavy atom. The summed E-state index contributed by atoms with van der Waals surface area (Å²) in [6.07, 6.45) is -3.27. The van der Waals surface area contributed by atoms with E-state index in [9.17, 15) is 13.2 Å². The third kappa shape index (κ3) is 2.58. The first-order valence-electron chi connectivity index (χ1n) is 6.38. The minimum atomic E-state index is -4.48. The van der Waals surface area contributed by atoms with Crippen LogP contribution in [0.1, 0.15) is 12.6 Å². The molecule has 3 aromatic heterocycles.